The highest BCUT2D eigenvalue weighted by molar-refractivity contribution is 9.10. The fourth-order valence-corrected chi connectivity index (χ4v) is 2.42. The maximum absolute atomic E-state index is 11.5. The average molecular weight is 371 g/mol. The Morgan fingerprint density at radius 3 is 2.57 bits per heavy atom. The summed E-state index contributed by atoms with van der Waals surface area (Å²) >= 11 is 9.31. The van der Waals surface area contributed by atoms with Crippen LogP contribution in [0.4, 0.5) is 5.69 Å². The maximum Gasteiger partial charge on any atom is 0.280 e. The van der Waals surface area contributed by atoms with E-state index in [1.54, 1.807) is 18.2 Å². The minimum absolute atomic E-state index is 0.00858. The Balaban J connectivity index is 2.39. The summed E-state index contributed by atoms with van der Waals surface area (Å²) < 4.78 is 6.36. The van der Waals surface area contributed by atoms with Crippen molar-refractivity contribution in [3.63, 3.8) is 0 Å². The minimum Gasteiger partial charge on any atom is -0.456 e. The molecular formula is C14H9BrClNO4. The van der Waals surface area contributed by atoms with Gasteiger partial charge in [-0.2, -0.15) is 0 Å². The molecule has 0 aliphatic rings. The molecule has 0 amide bonds. The molecule has 0 aromatic heterocycles. The molecule has 0 saturated carbocycles. The monoisotopic (exact) mass is 369 g/mol. The first kappa shape index (κ1) is 15.5. The molecule has 0 N–H and O–H groups in total. The van der Waals surface area contributed by atoms with Gasteiger partial charge in [0, 0.05) is 10.5 Å². The van der Waals surface area contributed by atoms with E-state index in [-0.39, 0.29) is 11.3 Å². The van der Waals surface area contributed by atoms with Gasteiger partial charge in [-0.05, 0) is 37.3 Å². The minimum atomic E-state index is -0.604. The van der Waals surface area contributed by atoms with Gasteiger partial charge in [-0.25, -0.2) is 0 Å². The molecule has 21 heavy (non-hydrogen) atoms. The molecule has 2 aromatic rings. The van der Waals surface area contributed by atoms with Crippen molar-refractivity contribution in [2.24, 2.45) is 0 Å². The summed E-state index contributed by atoms with van der Waals surface area (Å²) in [6.07, 6.45) is 0. The molecule has 0 unspecified atom stereocenters. The average Bonchev–Trinajstić information content (AvgIpc) is 2.41. The van der Waals surface area contributed by atoms with Gasteiger partial charge in [-0.1, -0.05) is 27.5 Å². The fraction of sp³-hybridized carbons (Fsp3) is 0.0714. The van der Waals surface area contributed by atoms with Crippen LogP contribution in [0, 0.1) is 10.1 Å². The first-order valence-electron chi connectivity index (χ1n) is 5.81. The summed E-state index contributed by atoms with van der Waals surface area (Å²) in [6.45, 7) is 1.26. The summed E-state index contributed by atoms with van der Waals surface area (Å²) in [4.78, 5) is 21.8. The molecule has 0 aliphatic carbocycles. The molecule has 7 heteroatoms. The number of nitro groups is 1. The Morgan fingerprint density at radius 2 is 2.00 bits per heavy atom. The van der Waals surface area contributed by atoms with E-state index < -0.39 is 10.7 Å². The summed E-state index contributed by atoms with van der Waals surface area (Å²) in [5.41, 5.74) is -0.262. The number of ether oxygens (including phenoxy) is 1. The second-order valence-electron chi connectivity index (χ2n) is 4.17. The zero-order chi connectivity index (χ0) is 15.6. The SMILES string of the molecule is CC(=O)c1cc(Oc2ccc(Br)cc2Cl)ccc1[N+](=O)[O-]. The lowest BCUT2D eigenvalue weighted by Crippen LogP contribution is -2.00. The second-order valence-corrected chi connectivity index (χ2v) is 5.49. The van der Waals surface area contributed by atoms with Crippen molar-refractivity contribution in [2.75, 3.05) is 0 Å². The predicted molar refractivity (Wildman–Crippen MR) is 82.3 cm³/mol. The molecule has 0 bridgehead atoms. The molecule has 2 aromatic carbocycles. The van der Waals surface area contributed by atoms with Crippen LogP contribution >= 0.6 is 27.5 Å². The van der Waals surface area contributed by atoms with Crippen molar-refractivity contribution in [1.29, 1.82) is 0 Å². The van der Waals surface area contributed by atoms with Crippen LogP contribution in [0.3, 0.4) is 0 Å². The first-order chi connectivity index (χ1) is 9.88. The number of carbonyl (C=O) groups is 1. The number of carbonyl (C=O) groups excluding carboxylic acids is 1. The molecule has 0 atom stereocenters. The molecule has 0 heterocycles. The van der Waals surface area contributed by atoms with E-state index in [0.29, 0.717) is 16.5 Å². The first-order valence-corrected chi connectivity index (χ1v) is 6.98. The third kappa shape index (κ3) is 3.59. The van der Waals surface area contributed by atoms with Crippen molar-refractivity contribution in [3.05, 3.63) is 61.6 Å². The molecule has 0 aliphatic heterocycles. The van der Waals surface area contributed by atoms with E-state index in [4.69, 9.17) is 16.3 Å². The molecule has 0 radical (unpaired) electrons. The lowest BCUT2D eigenvalue weighted by atomic mass is 10.1. The lowest BCUT2D eigenvalue weighted by Gasteiger charge is -2.09. The fourth-order valence-electron chi connectivity index (χ4n) is 1.70. The topological polar surface area (TPSA) is 69.4 Å². The van der Waals surface area contributed by atoms with Gasteiger partial charge >= 0.3 is 0 Å². The van der Waals surface area contributed by atoms with Crippen LogP contribution < -0.4 is 4.74 Å². The van der Waals surface area contributed by atoms with Gasteiger partial charge in [0.1, 0.15) is 11.5 Å². The number of hydrogen-bond acceptors (Lipinski definition) is 4. The second kappa shape index (κ2) is 6.24. The van der Waals surface area contributed by atoms with Gasteiger partial charge in [0.25, 0.3) is 5.69 Å². The summed E-state index contributed by atoms with van der Waals surface area (Å²) in [5.74, 6) is 0.285. The van der Waals surface area contributed by atoms with Crippen molar-refractivity contribution < 1.29 is 14.5 Å². The zero-order valence-electron chi connectivity index (χ0n) is 10.8. The van der Waals surface area contributed by atoms with E-state index in [1.165, 1.54) is 25.1 Å². The Hall–Kier alpha value is -1.92. The molecule has 0 saturated heterocycles. The van der Waals surface area contributed by atoms with Gasteiger partial charge in [-0.3, -0.25) is 14.9 Å². The van der Waals surface area contributed by atoms with Crippen molar-refractivity contribution in [3.8, 4) is 11.5 Å². The van der Waals surface area contributed by atoms with Crippen LogP contribution in [-0.4, -0.2) is 10.7 Å². The molecule has 108 valence electrons. The third-order valence-corrected chi connectivity index (χ3v) is 3.45. The van der Waals surface area contributed by atoms with Gasteiger partial charge in [0.2, 0.25) is 0 Å². The highest BCUT2D eigenvalue weighted by Gasteiger charge is 2.18. The zero-order valence-corrected chi connectivity index (χ0v) is 13.1. The number of hydrogen-bond donors (Lipinski definition) is 0. The van der Waals surface area contributed by atoms with Crippen molar-refractivity contribution in [1.82, 2.24) is 0 Å². The van der Waals surface area contributed by atoms with Crippen LogP contribution in [0.15, 0.2) is 40.9 Å². The van der Waals surface area contributed by atoms with Crippen molar-refractivity contribution in [2.45, 2.75) is 6.92 Å². The molecule has 2 rings (SSSR count). The number of benzene rings is 2. The largest absolute Gasteiger partial charge is 0.456 e. The maximum atomic E-state index is 11.5. The number of halogens is 2. The van der Waals surface area contributed by atoms with Gasteiger partial charge in [-0.15, -0.1) is 0 Å². The highest BCUT2D eigenvalue weighted by Crippen LogP contribution is 2.33. The highest BCUT2D eigenvalue weighted by atomic mass is 79.9. The smallest absolute Gasteiger partial charge is 0.280 e. The standard InChI is InChI=1S/C14H9BrClNO4/c1-8(18)11-7-10(3-4-13(11)17(19)20)21-14-5-2-9(15)6-12(14)16/h2-7H,1H3. The number of nitrogens with zero attached hydrogens (tertiary/aromatic N) is 1. The molecule has 0 spiro atoms. The predicted octanol–water partition coefficient (Wildman–Crippen LogP) is 5.01. The van der Waals surface area contributed by atoms with Gasteiger partial charge in [0.15, 0.2) is 5.78 Å². The number of rotatable bonds is 4. The molecular weight excluding hydrogens is 362 g/mol. The molecule has 0 fully saturated rings. The number of ketones is 1. The molecule has 5 nitrogen and oxygen atoms in total. The lowest BCUT2D eigenvalue weighted by molar-refractivity contribution is -0.385. The van der Waals surface area contributed by atoms with Crippen LogP contribution in [0.5, 0.6) is 11.5 Å². The van der Waals surface area contributed by atoms with E-state index in [0.717, 1.165) is 4.47 Å². The van der Waals surface area contributed by atoms with Crippen LogP contribution in [0.1, 0.15) is 17.3 Å². The third-order valence-electron chi connectivity index (χ3n) is 2.67. The number of nitro benzene ring substituents is 1. The van der Waals surface area contributed by atoms with E-state index in [9.17, 15) is 14.9 Å². The Bertz CT molecular complexity index is 733. The quantitative estimate of drug-likeness (QED) is 0.431. The Kier molecular flexibility index (Phi) is 4.59. The van der Waals surface area contributed by atoms with Gasteiger partial charge in [0.05, 0.1) is 15.5 Å². The van der Waals surface area contributed by atoms with Crippen LogP contribution in [0.2, 0.25) is 5.02 Å². The number of Topliss-reactive ketones (excluding diaryl/α,β-unsaturated/α-hetero) is 1. The summed E-state index contributed by atoms with van der Waals surface area (Å²) in [5, 5.41) is 11.3. The Morgan fingerprint density at radius 1 is 1.29 bits per heavy atom. The van der Waals surface area contributed by atoms with E-state index in [1.807, 2.05) is 0 Å². The van der Waals surface area contributed by atoms with Gasteiger partial charge < -0.3 is 4.74 Å². The van der Waals surface area contributed by atoms with Crippen LogP contribution in [-0.2, 0) is 0 Å². The normalized spacial score (nSPS) is 10.2. The van der Waals surface area contributed by atoms with Crippen molar-refractivity contribution >= 4 is 39.0 Å². The Labute approximate surface area is 133 Å². The summed E-state index contributed by atoms with van der Waals surface area (Å²) in [7, 11) is 0. The van der Waals surface area contributed by atoms with Crippen LogP contribution in [0.25, 0.3) is 0 Å². The van der Waals surface area contributed by atoms with E-state index in [2.05, 4.69) is 15.9 Å². The summed E-state index contributed by atoms with van der Waals surface area (Å²) in [6, 6.07) is 9.05. The van der Waals surface area contributed by atoms with E-state index >= 15 is 0 Å².